The molecule has 0 aliphatic rings. The van der Waals surface area contributed by atoms with E-state index in [9.17, 15) is 0 Å². The molecule has 0 amide bonds. The first-order valence-electron chi connectivity index (χ1n) is 21.5. The predicted octanol–water partition coefficient (Wildman–Crippen LogP) is 17.2. The monoisotopic (exact) mass is 783 g/mol. The largest absolute Gasteiger partial charge is 0.311 e. The molecule has 294 valence electrons. The number of fused-ring (bicyclic) bond motifs is 6. The third-order valence-corrected chi connectivity index (χ3v) is 11.7. The molecule has 0 spiro atoms. The number of allylic oxidation sites excluding steroid dienone is 3. The molecule has 0 aliphatic heterocycles. The summed E-state index contributed by atoms with van der Waals surface area (Å²) in [5.41, 5.74) is 12.0. The number of rotatable bonds is 9. The Kier molecular flexibility index (Phi) is 11.4. The number of anilines is 2. The molecule has 0 atom stereocenters. The van der Waals surface area contributed by atoms with Crippen molar-refractivity contribution in [3.05, 3.63) is 242 Å². The molecular weight excluding hydrogens is 735 g/mol. The van der Waals surface area contributed by atoms with E-state index in [-0.39, 0.29) is 0 Å². The fourth-order valence-corrected chi connectivity index (χ4v) is 8.69. The van der Waals surface area contributed by atoms with Crippen molar-refractivity contribution in [3.8, 4) is 33.4 Å². The van der Waals surface area contributed by atoms with Crippen LogP contribution in [-0.4, -0.2) is 0 Å². The molecular formula is C60H49N. The molecule has 0 unspecified atom stereocenters. The molecule has 0 aromatic heterocycles. The fourth-order valence-electron chi connectivity index (χ4n) is 8.69. The smallest absolute Gasteiger partial charge is 0.0461 e. The average molecular weight is 784 g/mol. The zero-order valence-electron chi connectivity index (χ0n) is 35.1. The molecule has 10 rings (SSSR count). The van der Waals surface area contributed by atoms with Gasteiger partial charge in [-0.2, -0.15) is 0 Å². The van der Waals surface area contributed by atoms with E-state index in [4.69, 9.17) is 0 Å². The lowest BCUT2D eigenvalue weighted by Crippen LogP contribution is -2.15. The maximum Gasteiger partial charge on any atom is 0.0461 e. The van der Waals surface area contributed by atoms with Crippen LogP contribution in [-0.2, 0) is 6.42 Å². The molecule has 61 heavy (non-hydrogen) atoms. The highest BCUT2D eigenvalue weighted by molar-refractivity contribution is 6.15. The van der Waals surface area contributed by atoms with Gasteiger partial charge >= 0.3 is 0 Å². The van der Waals surface area contributed by atoms with Gasteiger partial charge in [0.2, 0.25) is 0 Å². The van der Waals surface area contributed by atoms with Gasteiger partial charge in [-0.1, -0.05) is 202 Å². The van der Waals surface area contributed by atoms with Crippen LogP contribution in [0.1, 0.15) is 26.3 Å². The standard InChI is InChI=1S/C58H43N.C2H6/c1-2-48(20-14-15-41-27-29-44(30-28-41)57-39-46-18-6-8-21-51(46)53-23-10-12-25-55(53)57)59(49-35-31-43(32-36-49)42-16-4-3-5-17-42)50-37-33-45(34-38-50)58-40-47-19-7-9-22-52(47)54-24-11-13-26-56(54)58;1-2/h2-14,16-40H,15H2,1H3;1-2H3/b20-14-,48-2+;. The number of hydrogen-bond acceptors (Lipinski definition) is 1. The first-order chi connectivity index (χ1) is 30.2. The van der Waals surface area contributed by atoms with Crippen LogP contribution < -0.4 is 4.90 Å². The molecule has 1 nitrogen and oxygen atoms in total. The Morgan fingerprint density at radius 3 is 1.28 bits per heavy atom. The third kappa shape index (κ3) is 7.87. The summed E-state index contributed by atoms with van der Waals surface area (Å²) >= 11 is 0. The van der Waals surface area contributed by atoms with Gasteiger partial charge in [-0.3, -0.25) is 0 Å². The Morgan fingerprint density at radius 1 is 0.393 bits per heavy atom. The second-order valence-electron chi connectivity index (χ2n) is 15.2. The van der Waals surface area contributed by atoms with Crippen LogP contribution in [0.5, 0.6) is 0 Å². The van der Waals surface area contributed by atoms with Crippen molar-refractivity contribution in [2.45, 2.75) is 27.2 Å². The van der Waals surface area contributed by atoms with E-state index < -0.39 is 0 Å². The number of hydrogen-bond donors (Lipinski definition) is 0. The van der Waals surface area contributed by atoms with Crippen molar-refractivity contribution in [2.24, 2.45) is 0 Å². The minimum atomic E-state index is 0.824. The molecule has 10 aromatic rings. The second-order valence-corrected chi connectivity index (χ2v) is 15.2. The lowest BCUT2D eigenvalue weighted by atomic mass is 9.93. The van der Waals surface area contributed by atoms with Crippen LogP contribution in [0.3, 0.4) is 0 Å². The lowest BCUT2D eigenvalue weighted by Gasteiger charge is -2.27. The molecule has 10 aromatic carbocycles. The topological polar surface area (TPSA) is 3.24 Å². The normalized spacial score (nSPS) is 11.6. The maximum atomic E-state index is 2.36. The van der Waals surface area contributed by atoms with Crippen molar-refractivity contribution in [1.29, 1.82) is 0 Å². The molecule has 0 N–H and O–H groups in total. The van der Waals surface area contributed by atoms with Gasteiger partial charge in [0.25, 0.3) is 0 Å². The second kappa shape index (κ2) is 17.8. The van der Waals surface area contributed by atoms with E-state index in [1.807, 2.05) is 13.8 Å². The van der Waals surface area contributed by atoms with Crippen molar-refractivity contribution in [1.82, 2.24) is 0 Å². The third-order valence-electron chi connectivity index (χ3n) is 11.7. The quantitative estimate of drug-likeness (QED) is 0.104. The van der Waals surface area contributed by atoms with E-state index in [0.717, 1.165) is 23.5 Å². The van der Waals surface area contributed by atoms with Crippen molar-refractivity contribution in [2.75, 3.05) is 4.90 Å². The number of benzene rings is 10. The summed E-state index contributed by atoms with van der Waals surface area (Å²) in [6.45, 7) is 6.13. The molecule has 1 heteroatoms. The van der Waals surface area contributed by atoms with Crippen LogP contribution in [0.15, 0.2) is 236 Å². The SMILES string of the molecule is C/C=C(\C=C/Cc1ccc(-c2cc3ccccc3c3ccccc23)cc1)N(c1ccc(-c2ccccc2)cc1)c1ccc(-c2cc3ccccc3c3ccccc23)cc1.CC. The lowest BCUT2D eigenvalue weighted by molar-refractivity contribution is 1.18. The van der Waals surface area contributed by atoms with E-state index in [1.54, 1.807) is 0 Å². The van der Waals surface area contributed by atoms with Gasteiger partial charge in [-0.15, -0.1) is 0 Å². The van der Waals surface area contributed by atoms with Crippen LogP contribution >= 0.6 is 0 Å². The molecule has 0 saturated heterocycles. The Balaban J connectivity index is 0.00000235. The highest BCUT2D eigenvalue weighted by atomic mass is 15.1. The summed E-state index contributed by atoms with van der Waals surface area (Å²) < 4.78 is 0. The van der Waals surface area contributed by atoms with Crippen LogP contribution in [0.2, 0.25) is 0 Å². The van der Waals surface area contributed by atoms with Crippen molar-refractivity contribution in [3.63, 3.8) is 0 Å². The van der Waals surface area contributed by atoms with Gasteiger partial charge in [0, 0.05) is 17.1 Å². The molecule has 0 bridgehead atoms. The van der Waals surface area contributed by atoms with Crippen molar-refractivity contribution < 1.29 is 0 Å². The van der Waals surface area contributed by atoms with Crippen LogP contribution in [0.4, 0.5) is 11.4 Å². The molecule has 0 saturated carbocycles. The molecule has 0 fully saturated rings. The highest BCUT2D eigenvalue weighted by Crippen LogP contribution is 2.39. The van der Waals surface area contributed by atoms with E-state index in [2.05, 4.69) is 242 Å². The highest BCUT2D eigenvalue weighted by Gasteiger charge is 2.15. The average Bonchev–Trinajstić information content (AvgIpc) is 3.34. The molecule has 0 heterocycles. The van der Waals surface area contributed by atoms with Gasteiger partial charge in [0.1, 0.15) is 0 Å². The zero-order chi connectivity index (χ0) is 41.5. The van der Waals surface area contributed by atoms with E-state index in [1.165, 1.54) is 82.0 Å². The van der Waals surface area contributed by atoms with Crippen molar-refractivity contribution >= 4 is 54.5 Å². The van der Waals surface area contributed by atoms with E-state index >= 15 is 0 Å². The summed E-state index contributed by atoms with van der Waals surface area (Å²) in [6.07, 6.45) is 7.59. The summed E-state index contributed by atoms with van der Waals surface area (Å²) in [7, 11) is 0. The number of nitrogens with zero attached hydrogens (tertiary/aromatic N) is 1. The van der Waals surface area contributed by atoms with Gasteiger partial charge in [0.05, 0.1) is 0 Å². The minimum Gasteiger partial charge on any atom is -0.311 e. The Morgan fingerprint density at radius 2 is 0.787 bits per heavy atom. The summed E-state index contributed by atoms with van der Waals surface area (Å²) in [5.74, 6) is 0. The summed E-state index contributed by atoms with van der Waals surface area (Å²) in [5, 5.41) is 10.2. The van der Waals surface area contributed by atoms with Crippen LogP contribution in [0.25, 0.3) is 76.5 Å². The van der Waals surface area contributed by atoms with Gasteiger partial charge in [-0.05, 0) is 138 Å². The Bertz CT molecular complexity index is 3150. The van der Waals surface area contributed by atoms with Gasteiger partial charge in [-0.25, -0.2) is 0 Å². The van der Waals surface area contributed by atoms with Crippen LogP contribution in [0, 0.1) is 0 Å². The maximum absolute atomic E-state index is 2.36. The van der Waals surface area contributed by atoms with Gasteiger partial charge < -0.3 is 4.90 Å². The first kappa shape index (κ1) is 39.0. The van der Waals surface area contributed by atoms with E-state index in [0.29, 0.717) is 0 Å². The zero-order valence-corrected chi connectivity index (χ0v) is 35.1. The van der Waals surface area contributed by atoms with Gasteiger partial charge in [0.15, 0.2) is 0 Å². The fraction of sp³-hybridized carbons (Fsp3) is 0.0667. The first-order valence-corrected chi connectivity index (χ1v) is 21.5. The molecule has 0 radical (unpaired) electrons. The molecule has 0 aliphatic carbocycles. The summed E-state index contributed by atoms with van der Waals surface area (Å²) in [4.78, 5) is 2.36. The summed E-state index contributed by atoms with van der Waals surface area (Å²) in [6, 6.07) is 77.2. The Hall–Kier alpha value is -7.48. The predicted molar refractivity (Wildman–Crippen MR) is 266 cm³/mol. The minimum absolute atomic E-state index is 0.824. The Labute approximate surface area is 360 Å².